The molecule has 2 aromatic rings. The fraction of sp³-hybridized carbons (Fsp3) is 0.312. The zero-order valence-electron chi connectivity index (χ0n) is 12.9. The van der Waals surface area contributed by atoms with Crippen LogP contribution in [0, 0.1) is 12.8 Å². The van der Waals surface area contributed by atoms with Gasteiger partial charge in [-0.3, -0.25) is 9.59 Å². The summed E-state index contributed by atoms with van der Waals surface area (Å²) in [7, 11) is 1.60. The minimum atomic E-state index is -0.913. The normalized spacial score (nSPS) is 12.0. The Morgan fingerprint density at radius 1 is 1.27 bits per heavy atom. The number of carbonyl (C=O) groups is 2. The summed E-state index contributed by atoms with van der Waals surface area (Å²) in [6, 6.07) is 8.99. The van der Waals surface area contributed by atoms with Gasteiger partial charge in [0.05, 0.1) is 11.6 Å². The third-order valence-electron chi connectivity index (χ3n) is 3.51. The molecule has 1 aromatic carbocycles. The SMILES string of the molecule is Cc1ccnn1-c1ccc(C(=O)N(C)CC(C)C(=O)O)cc1. The first-order chi connectivity index (χ1) is 10.4. The number of aliphatic carboxylic acids is 1. The zero-order chi connectivity index (χ0) is 16.3. The number of carboxylic acid groups (broad SMARTS) is 1. The Hall–Kier alpha value is -2.63. The van der Waals surface area contributed by atoms with E-state index in [1.165, 1.54) is 4.90 Å². The molecule has 0 aliphatic heterocycles. The lowest BCUT2D eigenvalue weighted by atomic mass is 10.1. The molecule has 6 nitrogen and oxygen atoms in total. The summed E-state index contributed by atoms with van der Waals surface area (Å²) in [6.45, 7) is 3.71. The number of amides is 1. The van der Waals surface area contributed by atoms with Crippen molar-refractivity contribution >= 4 is 11.9 Å². The van der Waals surface area contributed by atoms with Crippen molar-refractivity contribution in [2.24, 2.45) is 5.92 Å². The summed E-state index contributed by atoms with van der Waals surface area (Å²) < 4.78 is 1.78. The quantitative estimate of drug-likeness (QED) is 0.916. The van der Waals surface area contributed by atoms with Crippen molar-refractivity contribution in [3.05, 3.63) is 47.8 Å². The van der Waals surface area contributed by atoms with Gasteiger partial charge in [0.25, 0.3) is 5.91 Å². The highest BCUT2D eigenvalue weighted by molar-refractivity contribution is 5.94. The van der Waals surface area contributed by atoms with Crippen LogP contribution in [-0.2, 0) is 4.79 Å². The maximum atomic E-state index is 12.3. The lowest BCUT2D eigenvalue weighted by Crippen LogP contribution is -2.33. The van der Waals surface area contributed by atoms with Crippen molar-refractivity contribution in [3.63, 3.8) is 0 Å². The maximum Gasteiger partial charge on any atom is 0.308 e. The van der Waals surface area contributed by atoms with Crippen LogP contribution in [-0.4, -0.2) is 45.3 Å². The van der Waals surface area contributed by atoms with Gasteiger partial charge in [-0.2, -0.15) is 5.10 Å². The first kappa shape index (κ1) is 15.8. The highest BCUT2D eigenvalue weighted by Crippen LogP contribution is 2.13. The van der Waals surface area contributed by atoms with Crippen molar-refractivity contribution in [2.45, 2.75) is 13.8 Å². The number of benzene rings is 1. The molecule has 1 N–H and O–H groups in total. The first-order valence-corrected chi connectivity index (χ1v) is 6.99. The molecule has 0 aliphatic carbocycles. The first-order valence-electron chi connectivity index (χ1n) is 6.99. The summed E-state index contributed by atoms with van der Waals surface area (Å²) in [5.74, 6) is -1.71. The lowest BCUT2D eigenvalue weighted by Gasteiger charge is -2.19. The summed E-state index contributed by atoms with van der Waals surface area (Å²) >= 11 is 0. The van der Waals surface area contributed by atoms with Crippen molar-refractivity contribution < 1.29 is 14.7 Å². The standard InChI is InChI=1S/C16H19N3O3/c1-11(16(21)22)10-18(3)15(20)13-4-6-14(7-5-13)19-12(2)8-9-17-19/h4-9,11H,10H2,1-3H3,(H,21,22). The molecule has 1 atom stereocenters. The molecule has 1 unspecified atom stereocenters. The summed E-state index contributed by atoms with van der Waals surface area (Å²) in [6.07, 6.45) is 1.72. The third-order valence-corrected chi connectivity index (χ3v) is 3.51. The second kappa shape index (κ2) is 6.43. The van der Waals surface area contributed by atoms with Crippen LogP contribution in [0.15, 0.2) is 36.5 Å². The predicted octanol–water partition coefficient (Wildman–Crippen LogP) is 1.97. The highest BCUT2D eigenvalue weighted by atomic mass is 16.4. The number of carbonyl (C=O) groups excluding carboxylic acids is 1. The van der Waals surface area contributed by atoms with E-state index in [1.807, 2.05) is 25.1 Å². The van der Waals surface area contributed by atoms with Gasteiger partial charge in [-0.15, -0.1) is 0 Å². The number of hydrogen-bond acceptors (Lipinski definition) is 3. The molecule has 0 radical (unpaired) electrons. The second-order valence-corrected chi connectivity index (χ2v) is 5.36. The molecule has 0 aliphatic rings. The number of hydrogen-bond donors (Lipinski definition) is 1. The number of rotatable bonds is 5. The van der Waals surface area contributed by atoms with Crippen LogP contribution in [0.5, 0.6) is 0 Å². The average molecular weight is 301 g/mol. The molecule has 0 spiro atoms. The van der Waals surface area contributed by atoms with E-state index in [1.54, 1.807) is 37.0 Å². The Bertz CT molecular complexity index is 676. The number of aryl methyl sites for hydroxylation is 1. The molecular weight excluding hydrogens is 282 g/mol. The van der Waals surface area contributed by atoms with Gasteiger partial charge in [0.1, 0.15) is 0 Å². The van der Waals surface area contributed by atoms with Crippen molar-refractivity contribution in [1.29, 1.82) is 0 Å². The van der Waals surface area contributed by atoms with Crippen molar-refractivity contribution in [3.8, 4) is 5.69 Å². The van der Waals surface area contributed by atoms with Gasteiger partial charge in [0.2, 0.25) is 0 Å². The summed E-state index contributed by atoms with van der Waals surface area (Å²) in [4.78, 5) is 24.6. The van der Waals surface area contributed by atoms with Gasteiger partial charge in [0, 0.05) is 31.0 Å². The van der Waals surface area contributed by atoms with Gasteiger partial charge < -0.3 is 10.0 Å². The molecule has 22 heavy (non-hydrogen) atoms. The Kier molecular flexibility index (Phi) is 4.60. The molecule has 1 amide bonds. The van der Waals surface area contributed by atoms with Crippen LogP contribution in [0.3, 0.4) is 0 Å². The fourth-order valence-electron chi connectivity index (χ4n) is 2.18. The number of aromatic nitrogens is 2. The van der Waals surface area contributed by atoms with Crippen LogP contribution in [0.2, 0.25) is 0 Å². The molecule has 2 rings (SSSR count). The minimum absolute atomic E-state index is 0.175. The Labute approximate surface area is 129 Å². The van der Waals surface area contributed by atoms with Gasteiger partial charge in [-0.25, -0.2) is 4.68 Å². The predicted molar refractivity (Wildman–Crippen MR) is 82.1 cm³/mol. The molecule has 1 aromatic heterocycles. The number of carboxylic acids is 1. The molecule has 0 bridgehead atoms. The molecule has 116 valence electrons. The van der Waals surface area contributed by atoms with E-state index < -0.39 is 11.9 Å². The molecular formula is C16H19N3O3. The van der Waals surface area contributed by atoms with Crippen LogP contribution < -0.4 is 0 Å². The molecule has 0 fully saturated rings. The summed E-state index contributed by atoms with van der Waals surface area (Å²) in [5, 5.41) is 13.1. The van der Waals surface area contributed by atoms with Gasteiger partial charge >= 0.3 is 5.97 Å². The monoisotopic (exact) mass is 301 g/mol. The van der Waals surface area contributed by atoms with Gasteiger partial charge in [0.15, 0.2) is 0 Å². The Morgan fingerprint density at radius 2 is 1.91 bits per heavy atom. The van der Waals surface area contributed by atoms with Crippen LogP contribution >= 0.6 is 0 Å². The Balaban J connectivity index is 2.11. The van der Waals surface area contributed by atoms with E-state index in [2.05, 4.69) is 5.10 Å². The van der Waals surface area contributed by atoms with Crippen LogP contribution in [0.25, 0.3) is 5.69 Å². The molecule has 0 saturated heterocycles. The smallest absolute Gasteiger partial charge is 0.308 e. The fourth-order valence-corrected chi connectivity index (χ4v) is 2.18. The van der Waals surface area contributed by atoms with E-state index in [4.69, 9.17) is 5.11 Å². The van der Waals surface area contributed by atoms with E-state index >= 15 is 0 Å². The van der Waals surface area contributed by atoms with Crippen LogP contribution in [0.4, 0.5) is 0 Å². The van der Waals surface area contributed by atoms with E-state index in [0.29, 0.717) is 5.56 Å². The third kappa shape index (κ3) is 3.33. The highest BCUT2D eigenvalue weighted by Gasteiger charge is 2.18. The minimum Gasteiger partial charge on any atom is -0.481 e. The lowest BCUT2D eigenvalue weighted by molar-refractivity contribution is -0.141. The van der Waals surface area contributed by atoms with Crippen LogP contribution in [0.1, 0.15) is 23.0 Å². The van der Waals surface area contributed by atoms with E-state index in [0.717, 1.165) is 11.4 Å². The number of nitrogens with zero attached hydrogens (tertiary/aromatic N) is 3. The molecule has 6 heteroatoms. The molecule has 0 saturated carbocycles. The second-order valence-electron chi connectivity index (χ2n) is 5.36. The van der Waals surface area contributed by atoms with Gasteiger partial charge in [-0.1, -0.05) is 6.92 Å². The van der Waals surface area contributed by atoms with Crippen molar-refractivity contribution in [1.82, 2.24) is 14.7 Å². The largest absolute Gasteiger partial charge is 0.481 e. The topological polar surface area (TPSA) is 75.4 Å². The van der Waals surface area contributed by atoms with Crippen molar-refractivity contribution in [2.75, 3.05) is 13.6 Å². The maximum absolute atomic E-state index is 12.3. The molecule has 1 heterocycles. The zero-order valence-corrected chi connectivity index (χ0v) is 12.9. The van der Waals surface area contributed by atoms with Gasteiger partial charge in [-0.05, 0) is 37.3 Å². The van der Waals surface area contributed by atoms with E-state index in [9.17, 15) is 9.59 Å². The average Bonchev–Trinajstić information content (AvgIpc) is 2.92. The Morgan fingerprint density at radius 3 is 2.41 bits per heavy atom. The summed E-state index contributed by atoms with van der Waals surface area (Å²) in [5.41, 5.74) is 2.40. The van der Waals surface area contributed by atoms with E-state index in [-0.39, 0.29) is 12.5 Å².